The van der Waals surface area contributed by atoms with Gasteiger partial charge in [0, 0.05) is 10.0 Å². The summed E-state index contributed by atoms with van der Waals surface area (Å²) in [5.74, 6) is -1.27. The number of halogens is 2. The topological polar surface area (TPSA) is 37.4 Å². The Morgan fingerprint density at radius 2 is 1.75 bits per heavy atom. The van der Waals surface area contributed by atoms with E-state index < -0.39 is 5.82 Å². The number of likely N-dealkylation sites (tertiary alicyclic amines) is 1. The fraction of sp³-hybridized carbons (Fsp3) is 0.333. The molecular weight excluding hydrogens is 325 g/mol. The molecule has 1 saturated heterocycles. The molecule has 0 saturated carbocycles. The zero-order chi connectivity index (χ0) is 14.3. The molecule has 3 rings (SSSR count). The maximum absolute atomic E-state index is 13.8. The largest absolute Gasteiger partial charge is 0.277 e. The van der Waals surface area contributed by atoms with E-state index in [0.717, 1.165) is 0 Å². The molecule has 0 spiro atoms. The van der Waals surface area contributed by atoms with Crippen molar-refractivity contribution in [2.45, 2.75) is 19.4 Å². The molecule has 1 fully saturated rings. The summed E-state index contributed by atoms with van der Waals surface area (Å²) in [6.07, 6.45) is 5.09. The van der Waals surface area contributed by atoms with Crippen LogP contribution in [0.2, 0.25) is 0 Å². The van der Waals surface area contributed by atoms with Gasteiger partial charge in [0.25, 0.3) is 0 Å². The zero-order valence-electron chi connectivity index (χ0n) is 10.7. The second kappa shape index (κ2) is 5.13. The van der Waals surface area contributed by atoms with Gasteiger partial charge in [0.2, 0.25) is 11.8 Å². The Labute approximate surface area is 124 Å². The van der Waals surface area contributed by atoms with Crippen LogP contribution in [0.1, 0.15) is 18.4 Å². The number of hydrogen-bond acceptors (Lipinski definition) is 2. The number of imide groups is 1. The van der Waals surface area contributed by atoms with Gasteiger partial charge in [0.1, 0.15) is 5.82 Å². The average Bonchev–Trinajstić information content (AvgIpc) is 2.67. The van der Waals surface area contributed by atoms with E-state index in [0.29, 0.717) is 22.9 Å². The fourth-order valence-electron chi connectivity index (χ4n) is 2.85. The fourth-order valence-corrected chi connectivity index (χ4v) is 3.18. The number of amides is 2. The highest BCUT2D eigenvalue weighted by atomic mass is 79.9. The van der Waals surface area contributed by atoms with Gasteiger partial charge in [-0.05, 0) is 25.0 Å². The first-order chi connectivity index (χ1) is 9.58. The summed E-state index contributed by atoms with van der Waals surface area (Å²) in [7, 11) is 0. The summed E-state index contributed by atoms with van der Waals surface area (Å²) < 4.78 is 14.5. The van der Waals surface area contributed by atoms with Gasteiger partial charge in [-0.15, -0.1) is 0 Å². The van der Waals surface area contributed by atoms with E-state index >= 15 is 0 Å². The third kappa shape index (κ3) is 2.20. The average molecular weight is 338 g/mol. The van der Waals surface area contributed by atoms with Crippen LogP contribution in [0.25, 0.3) is 0 Å². The number of allylic oxidation sites excluding steroid dienone is 2. The first-order valence-corrected chi connectivity index (χ1v) is 7.31. The van der Waals surface area contributed by atoms with E-state index in [1.807, 2.05) is 12.2 Å². The SMILES string of the molecule is O=C1[C@H]2CC=CC[C@H]2C(=O)N1Cc1ccc(Br)cc1F. The van der Waals surface area contributed by atoms with E-state index in [9.17, 15) is 14.0 Å². The van der Waals surface area contributed by atoms with Crippen LogP contribution in [0.4, 0.5) is 4.39 Å². The van der Waals surface area contributed by atoms with Gasteiger partial charge in [-0.1, -0.05) is 34.1 Å². The van der Waals surface area contributed by atoms with Crippen molar-refractivity contribution in [2.24, 2.45) is 11.8 Å². The molecule has 1 heterocycles. The highest BCUT2D eigenvalue weighted by molar-refractivity contribution is 9.10. The van der Waals surface area contributed by atoms with E-state index in [2.05, 4.69) is 15.9 Å². The van der Waals surface area contributed by atoms with Gasteiger partial charge in [-0.25, -0.2) is 4.39 Å². The molecule has 2 atom stereocenters. The van der Waals surface area contributed by atoms with Crippen LogP contribution >= 0.6 is 15.9 Å². The number of rotatable bonds is 2. The highest BCUT2D eigenvalue weighted by Gasteiger charge is 2.47. The van der Waals surface area contributed by atoms with Gasteiger partial charge in [-0.2, -0.15) is 0 Å². The number of fused-ring (bicyclic) bond motifs is 1. The summed E-state index contributed by atoms with van der Waals surface area (Å²) in [5, 5.41) is 0. The van der Waals surface area contributed by atoms with Crippen molar-refractivity contribution in [1.29, 1.82) is 0 Å². The molecule has 20 heavy (non-hydrogen) atoms. The Kier molecular flexibility index (Phi) is 3.46. The van der Waals surface area contributed by atoms with Crippen molar-refractivity contribution < 1.29 is 14.0 Å². The summed E-state index contributed by atoms with van der Waals surface area (Å²) in [5.41, 5.74) is 0.363. The maximum Gasteiger partial charge on any atom is 0.233 e. The van der Waals surface area contributed by atoms with Gasteiger partial charge < -0.3 is 0 Å². The van der Waals surface area contributed by atoms with E-state index in [-0.39, 0.29) is 30.2 Å². The van der Waals surface area contributed by atoms with Crippen molar-refractivity contribution >= 4 is 27.7 Å². The second-order valence-electron chi connectivity index (χ2n) is 5.15. The molecule has 0 unspecified atom stereocenters. The summed E-state index contributed by atoms with van der Waals surface area (Å²) in [6.45, 7) is 0.0176. The Balaban J connectivity index is 1.84. The smallest absolute Gasteiger partial charge is 0.233 e. The van der Waals surface area contributed by atoms with E-state index in [1.165, 1.54) is 11.0 Å². The molecule has 2 aliphatic rings. The third-order valence-corrected chi connectivity index (χ3v) is 4.44. The molecule has 104 valence electrons. The van der Waals surface area contributed by atoms with Crippen molar-refractivity contribution in [2.75, 3.05) is 0 Å². The lowest BCUT2D eigenvalue weighted by molar-refractivity contribution is -0.140. The monoisotopic (exact) mass is 337 g/mol. The molecule has 1 aliphatic heterocycles. The van der Waals surface area contributed by atoms with Crippen LogP contribution < -0.4 is 0 Å². The van der Waals surface area contributed by atoms with Crippen LogP contribution in [-0.4, -0.2) is 16.7 Å². The minimum absolute atomic E-state index is 0.0176. The number of carbonyl (C=O) groups excluding carboxylic acids is 2. The second-order valence-corrected chi connectivity index (χ2v) is 6.07. The first kappa shape index (κ1) is 13.5. The predicted molar refractivity (Wildman–Crippen MR) is 75.0 cm³/mol. The lowest BCUT2D eigenvalue weighted by Gasteiger charge is -2.15. The Morgan fingerprint density at radius 3 is 2.30 bits per heavy atom. The molecule has 0 radical (unpaired) electrons. The summed E-state index contributed by atoms with van der Waals surface area (Å²) in [4.78, 5) is 25.7. The van der Waals surface area contributed by atoms with Crippen molar-refractivity contribution in [3.05, 3.63) is 46.2 Å². The molecule has 0 bridgehead atoms. The quantitative estimate of drug-likeness (QED) is 0.614. The Hall–Kier alpha value is -1.49. The molecule has 2 amide bonds. The van der Waals surface area contributed by atoms with Crippen LogP contribution in [0.15, 0.2) is 34.8 Å². The standard InChI is InChI=1S/C15H13BrFNO2/c16-10-6-5-9(13(17)7-10)8-18-14(19)11-3-1-2-4-12(11)15(18)20/h1-2,5-7,11-12H,3-4,8H2/t11-,12+. The normalized spacial score (nSPS) is 25.2. The van der Waals surface area contributed by atoms with Crippen LogP contribution in [0, 0.1) is 17.7 Å². The maximum atomic E-state index is 13.8. The summed E-state index contributed by atoms with van der Waals surface area (Å²) in [6, 6.07) is 4.65. The van der Waals surface area contributed by atoms with Crippen molar-refractivity contribution in [3.8, 4) is 0 Å². The molecular formula is C15H13BrFNO2. The Bertz CT molecular complexity index is 588. The number of hydrogen-bond donors (Lipinski definition) is 0. The molecule has 1 aromatic carbocycles. The van der Waals surface area contributed by atoms with E-state index in [1.54, 1.807) is 12.1 Å². The first-order valence-electron chi connectivity index (χ1n) is 6.52. The van der Waals surface area contributed by atoms with Crippen molar-refractivity contribution in [1.82, 2.24) is 4.90 Å². The zero-order valence-corrected chi connectivity index (χ0v) is 12.3. The molecule has 1 aliphatic carbocycles. The third-order valence-electron chi connectivity index (χ3n) is 3.94. The molecule has 5 heteroatoms. The molecule has 0 aromatic heterocycles. The molecule has 1 aromatic rings. The minimum Gasteiger partial charge on any atom is -0.277 e. The van der Waals surface area contributed by atoms with Crippen LogP contribution in [0.3, 0.4) is 0 Å². The molecule has 0 N–H and O–H groups in total. The minimum atomic E-state index is -0.409. The summed E-state index contributed by atoms with van der Waals surface area (Å²) >= 11 is 3.19. The number of carbonyl (C=O) groups is 2. The van der Waals surface area contributed by atoms with Gasteiger partial charge in [0.15, 0.2) is 0 Å². The van der Waals surface area contributed by atoms with Crippen LogP contribution in [0.5, 0.6) is 0 Å². The van der Waals surface area contributed by atoms with Gasteiger partial charge in [-0.3, -0.25) is 14.5 Å². The number of benzene rings is 1. The van der Waals surface area contributed by atoms with E-state index in [4.69, 9.17) is 0 Å². The Morgan fingerprint density at radius 1 is 1.15 bits per heavy atom. The lowest BCUT2D eigenvalue weighted by Crippen LogP contribution is -2.30. The molecule has 3 nitrogen and oxygen atoms in total. The van der Waals surface area contributed by atoms with Gasteiger partial charge in [0.05, 0.1) is 18.4 Å². The van der Waals surface area contributed by atoms with Crippen molar-refractivity contribution in [3.63, 3.8) is 0 Å². The highest BCUT2D eigenvalue weighted by Crippen LogP contribution is 2.36. The lowest BCUT2D eigenvalue weighted by atomic mass is 9.85. The predicted octanol–water partition coefficient (Wildman–Crippen LogP) is 3.04. The number of nitrogens with zero attached hydrogens (tertiary/aromatic N) is 1. The van der Waals surface area contributed by atoms with Gasteiger partial charge >= 0.3 is 0 Å². The van der Waals surface area contributed by atoms with Crippen LogP contribution in [-0.2, 0) is 16.1 Å².